The van der Waals surface area contributed by atoms with E-state index < -0.39 is 29.2 Å². The fraction of sp³-hybridized carbons (Fsp3) is 0.304. The molecule has 2 aromatic carbocycles. The molecule has 5 heteroatoms. The van der Waals surface area contributed by atoms with Crippen molar-refractivity contribution in [1.82, 2.24) is 0 Å². The highest BCUT2D eigenvalue weighted by molar-refractivity contribution is 6.03. The summed E-state index contributed by atoms with van der Waals surface area (Å²) >= 11 is 0. The van der Waals surface area contributed by atoms with Gasteiger partial charge in [-0.1, -0.05) is 66.7 Å². The summed E-state index contributed by atoms with van der Waals surface area (Å²) in [7, 11) is 0. The van der Waals surface area contributed by atoms with E-state index in [1.165, 1.54) is 19.9 Å². The summed E-state index contributed by atoms with van der Waals surface area (Å²) in [4.78, 5) is 26.2. The Bertz CT molecular complexity index is 822. The lowest BCUT2D eigenvalue weighted by Gasteiger charge is -2.43. The van der Waals surface area contributed by atoms with Gasteiger partial charge >= 0.3 is 11.9 Å². The van der Waals surface area contributed by atoms with Crippen LogP contribution in [0.3, 0.4) is 0 Å². The first kappa shape index (κ1) is 19.8. The molecule has 0 N–H and O–H groups in total. The molecule has 1 heterocycles. The third kappa shape index (κ3) is 3.99. The number of carbonyl (C=O) groups is 2. The quantitative estimate of drug-likeness (QED) is 0.415. The van der Waals surface area contributed by atoms with E-state index in [0.29, 0.717) is 0 Å². The highest BCUT2D eigenvalue weighted by Crippen LogP contribution is 2.40. The summed E-state index contributed by atoms with van der Waals surface area (Å²) in [6.45, 7) is 7.08. The number of esters is 2. The van der Waals surface area contributed by atoms with Gasteiger partial charge in [-0.3, -0.25) is 9.59 Å². The Kier molecular flexibility index (Phi) is 5.66. The van der Waals surface area contributed by atoms with Gasteiger partial charge in [0.25, 0.3) is 5.79 Å². The van der Waals surface area contributed by atoms with Crippen molar-refractivity contribution in [3.63, 3.8) is 0 Å². The molecule has 0 radical (unpaired) electrons. The van der Waals surface area contributed by atoms with Crippen LogP contribution in [0.1, 0.15) is 25.0 Å². The Morgan fingerprint density at radius 3 is 1.93 bits per heavy atom. The molecule has 1 atom stereocenters. The summed E-state index contributed by atoms with van der Waals surface area (Å²) in [6.07, 6.45) is 0.642. The zero-order chi connectivity index (χ0) is 20.2. The van der Waals surface area contributed by atoms with E-state index in [2.05, 4.69) is 6.58 Å². The molecular weight excluding hydrogens is 356 g/mol. The molecular formula is C23H24O5. The molecule has 2 aromatic rings. The fourth-order valence-electron chi connectivity index (χ4n) is 3.30. The van der Waals surface area contributed by atoms with Crippen molar-refractivity contribution in [3.8, 4) is 0 Å². The molecule has 146 valence electrons. The minimum Gasteiger partial charge on any atom is -0.422 e. The molecule has 5 nitrogen and oxygen atoms in total. The van der Waals surface area contributed by atoms with Gasteiger partial charge in [0.2, 0.25) is 0 Å². The largest absolute Gasteiger partial charge is 0.422 e. The second-order valence-corrected chi connectivity index (χ2v) is 7.27. The first-order valence-electron chi connectivity index (χ1n) is 9.16. The second-order valence-electron chi connectivity index (χ2n) is 7.27. The third-order valence-corrected chi connectivity index (χ3v) is 4.70. The van der Waals surface area contributed by atoms with Gasteiger partial charge in [0.15, 0.2) is 5.41 Å². The summed E-state index contributed by atoms with van der Waals surface area (Å²) in [5.41, 5.74) is 0.0567. The minimum absolute atomic E-state index is 0.0903. The van der Waals surface area contributed by atoms with Crippen LogP contribution in [0.5, 0.6) is 0 Å². The van der Waals surface area contributed by atoms with Gasteiger partial charge in [0, 0.05) is 20.3 Å². The van der Waals surface area contributed by atoms with Crippen molar-refractivity contribution >= 4 is 11.9 Å². The molecule has 0 bridgehead atoms. The number of benzene rings is 2. The molecule has 0 amide bonds. The van der Waals surface area contributed by atoms with Crippen LogP contribution in [-0.2, 0) is 36.8 Å². The van der Waals surface area contributed by atoms with Crippen LogP contribution in [0.2, 0.25) is 0 Å². The highest BCUT2D eigenvalue weighted by Gasteiger charge is 2.60. The van der Waals surface area contributed by atoms with E-state index in [4.69, 9.17) is 14.2 Å². The highest BCUT2D eigenvalue weighted by atomic mass is 16.7. The molecule has 3 rings (SSSR count). The number of ether oxygens (including phenoxy) is 3. The Labute approximate surface area is 164 Å². The van der Waals surface area contributed by atoms with Crippen molar-refractivity contribution in [2.45, 2.75) is 38.8 Å². The molecule has 0 saturated carbocycles. The lowest BCUT2D eigenvalue weighted by Crippen LogP contribution is -2.60. The number of hydrogen-bond donors (Lipinski definition) is 0. The first-order chi connectivity index (χ1) is 13.4. The SMILES string of the molecule is C=CC(OCc1ccccc1)C1(Cc2ccccc2)C(=O)OC(C)(C)OC1=O. The summed E-state index contributed by atoms with van der Waals surface area (Å²) in [5.74, 6) is -2.66. The van der Waals surface area contributed by atoms with E-state index in [1.807, 2.05) is 60.7 Å². The van der Waals surface area contributed by atoms with E-state index in [9.17, 15) is 9.59 Å². The minimum atomic E-state index is -1.66. The van der Waals surface area contributed by atoms with Crippen LogP contribution in [0.15, 0.2) is 73.3 Å². The van der Waals surface area contributed by atoms with Gasteiger partial charge in [0.05, 0.1) is 6.61 Å². The molecule has 0 aromatic heterocycles. The van der Waals surface area contributed by atoms with E-state index in [1.54, 1.807) is 0 Å². The van der Waals surface area contributed by atoms with Crippen molar-refractivity contribution < 1.29 is 23.8 Å². The van der Waals surface area contributed by atoms with Gasteiger partial charge < -0.3 is 14.2 Å². The Morgan fingerprint density at radius 1 is 0.929 bits per heavy atom. The third-order valence-electron chi connectivity index (χ3n) is 4.70. The van der Waals surface area contributed by atoms with Crippen LogP contribution in [-0.4, -0.2) is 23.8 Å². The summed E-state index contributed by atoms with van der Waals surface area (Å²) < 4.78 is 16.9. The zero-order valence-corrected chi connectivity index (χ0v) is 16.1. The maximum Gasteiger partial charge on any atom is 0.330 e. The molecule has 1 unspecified atom stereocenters. The topological polar surface area (TPSA) is 61.8 Å². The van der Waals surface area contributed by atoms with Gasteiger partial charge in [-0.25, -0.2) is 0 Å². The Hall–Kier alpha value is -2.92. The van der Waals surface area contributed by atoms with Crippen molar-refractivity contribution in [2.24, 2.45) is 5.41 Å². The number of carbonyl (C=O) groups excluding carboxylic acids is 2. The van der Waals surface area contributed by atoms with Crippen LogP contribution >= 0.6 is 0 Å². The molecule has 1 saturated heterocycles. The molecule has 0 spiro atoms. The predicted octanol–water partition coefficient (Wildman–Crippen LogP) is 3.82. The molecule has 1 aliphatic heterocycles. The Morgan fingerprint density at radius 2 is 1.43 bits per heavy atom. The normalized spacial score (nSPS) is 18.6. The van der Waals surface area contributed by atoms with Crippen molar-refractivity contribution in [2.75, 3.05) is 0 Å². The van der Waals surface area contributed by atoms with Crippen LogP contribution in [0, 0.1) is 5.41 Å². The molecule has 0 aliphatic carbocycles. The Balaban J connectivity index is 1.95. The van der Waals surface area contributed by atoms with Crippen molar-refractivity contribution in [3.05, 3.63) is 84.4 Å². The fourth-order valence-corrected chi connectivity index (χ4v) is 3.30. The van der Waals surface area contributed by atoms with Gasteiger partial charge in [-0.05, 0) is 11.1 Å². The molecule has 28 heavy (non-hydrogen) atoms. The lowest BCUT2D eigenvalue weighted by molar-refractivity contribution is -0.258. The van der Waals surface area contributed by atoms with Gasteiger partial charge in [-0.2, -0.15) is 0 Å². The maximum atomic E-state index is 13.1. The van der Waals surface area contributed by atoms with E-state index in [-0.39, 0.29) is 13.0 Å². The zero-order valence-electron chi connectivity index (χ0n) is 16.1. The standard InChI is InChI=1S/C23H24O5/c1-4-19(26-16-18-13-9-6-10-14-18)23(15-17-11-7-5-8-12-17)20(24)27-22(2,3)28-21(23)25/h4-14,19H,1,15-16H2,2-3H3. The van der Waals surface area contributed by atoms with E-state index >= 15 is 0 Å². The number of hydrogen-bond acceptors (Lipinski definition) is 5. The smallest absolute Gasteiger partial charge is 0.330 e. The average Bonchev–Trinajstić information content (AvgIpc) is 2.67. The number of rotatable bonds is 7. The number of cyclic esters (lactones) is 2. The van der Waals surface area contributed by atoms with Crippen LogP contribution in [0.4, 0.5) is 0 Å². The van der Waals surface area contributed by atoms with Gasteiger partial charge in [0.1, 0.15) is 6.10 Å². The van der Waals surface area contributed by atoms with Crippen LogP contribution in [0.25, 0.3) is 0 Å². The van der Waals surface area contributed by atoms with Crippen LogP contribution < -0.4 is 0 Å². The lowest BCUT2D eigenvalue weighted by atomic mass is 9.75. The summed E-state index contributed by atoms with van der Waals surface area (Å²) in [6, 6.07) is 18.8. The van der Waals surface area contributed by atoms with Gasteiger partial charge in [-0.15, -0.1) is 6.58 Å². The average molecular weight is 380 g/mol. The first-order valence-corrected chi connectivity index (χ1v) is 9.16. The van der Waals surface area contributed by atoms with E-state index in [0.717, 1.165) is 11.1 Å². The monoisotopic (exact) mass is 380 g/mol. The van der Waals surface area contributed by atoms with Crippen molar-refractivity contribution in [1.29, 1.82) is 0 Å². The molecule has 1 aliphatic rings. The second kappa shape index (κ2) is 7.98. The maximum absolute atomic E-state index is 13.1. The summed E-state index contributed by atoms with van der Waals surface area (Å²) in [5, 5.41) is 0. The predicted molar refractivity (Wildman–Crippen MR) is 104 cm³/mol. The molecule has 1 fully saturated rings.